The highest BCUT2D eigenvalue weighted by Gasteiger charge is 2.18. The van der Waals surface area contributed by atoms with Crippen LogP contribution in [0, 0.1) is 0 Å². The summed E-state index contributed by atoms with van der Waals surface area (Å²) < 4.78 is 7.34. The molecule has 30 heavy (non-hydrogen) atoms. The van der Waals surface area contributed by atoms with Gasteiger partial charge in [-0.3, -0.25) is 4.79 Å². The minimum atomic E-state index is -0.122. The van der Waals surface area contributed by atoms with Crippen LogP contribution in [0.2, 0.25) is 0 Å². The smallest absolute Gasteiger partial charge is 0.251 e. The molecule has 1 N–H and O–H groups in total. The van der Waals surface area contributed by atoms with Crippen LogP contribution in [0.5, 0.6) is 5.88 Å². The summed E-state index contributed by atoms with van der Waals surface area (Å²) in [5.74, 6) is 2.26. The molecule has 5 rings (SSSR count). The van der Waals surface area contributed by atoms with Gasteiger partial charge in [-0.05, 0) is 46.5 Å². The normalized spacial score (nSPS) is 12.7. The van der Waals surface area contributed by atoms with Gasteiger partial charge >= 0.3 is 0 Å². The summed E-state index contributed by atoms with van der Waals surface area (Å²) in [6, 6.07) is 15.7. The third-order valence-corrected chi connectivity index (χ3v) is 5.49. The predicted molar refractivity (Wildman–Crippen MR) is 113 cm³/mol. The standard InChI is InChI=1S/C23H21N5O2/c1-30-22-13-16(9-10-24-22)18-5-2-4-15-12-17(7-8-19(15)18)23(29)25-14-21-27-26-20-6-3-11-28(20)21/h2,4-5,7-10,12-13H,3,6,11,14H2,1H3,(H,25,29). The average Bonchev–Trinajstić information content (AvgIpc) is 3.41. The molecular weight excluding hydrogens is 378 g/mol. The second kappa shape index (κ2) is 7.59. The summed E-state index contributed by atoms with van der Waals surface area (Å²) in [4.78, 5) is 16.9. The number of pyridine rings is 1. The van der Waals surface area contributed by atoms with E-state index in [0.29, 0.717) is 18.0 Å². The molecule has 2 aromatic carbocycles. The number of methoxy groups -OCH3 is 1. The minimum absolute atomic E-state index is 0.122. The Morgan fingerprint density at radius 1 is 1.17 bits per heavy atom. The molecular formula is C23H21N5O2. The predicted octanol–water partition coefficient (Wildman–Crippen LogP) is 3.38. The van der Waals surface area contributed by atoms with Gasteiger partial charge in [0.1, 0.15) is 5.82 Å². The Hall–Kier alpha value is -3.74. The van der Waals surface area contributed by atoms with E-state index in [1.165, 1.54) is 0 Å². The Morgan fingerprint density at radius 3 is 3.00 bits per heavy atom. The van der Waals surface area contributed by atoms with Gasteiger partial charge in [-0.15, -0.1) is 10.2 Å². The number of aromatic nitrogens is 4. The maximum Gasteiger partial charge on any atom is 0.251 e. The van der Waals surface area contributed by atoms with E-state index < -0.39 is 0 Å². The topological polar surface area (TPSA) is 81.9 Å². The number of nitrogens with zero attached hydrogens (tertiary/aromatic N) is 4. The number of hydrogen-bond acceptors (Lipinski definition) is 5. The fraction of sp³-hybridized carbons (Fsp3) is 0.217. The molecule has 0 saturated heterocycles. The minimum Gasteiger partial charge on any atom is -0.481 e. The quantitative estimate of drug-likeness (QED) is 0.556. The van der Waals surface area contributed by atoms with Crippen LogP contribution in [0.15, 0.2) is 54.7 Å². The van der Waals surface area contributed by atoms with E-state index in [0.717, 1.165) is 52.9 Å². The van der Waals surface area contributed by atoms with Crippen LogP contribution in [0.25, 0.3) is 21.9 Å². The van der Waals surface area contributed by atoms with Crippen LogP contribution in [0.4, 0.5) is 0 Å². The van der Waals surface area contributed by atoms with E-state index in [1.807, 2.05) is 42.5 Å². The first kappa shape index (κ1) is 18.3. The van der Waals surface area contributed by atoms with Crippen LogP contribution in [-0.4, -0.2) is 32.8 Å². The number of ether oxygens (including phenoxy) is 1. The first-order valence-corrected chi connectivity index (χ1v) is 9.95. The van der Waals surface area contributed by atoms with Gasteiger partial charge in [-0.25, -0.2) is 4.98 Å². The molecule has 7 nitrogen and oxygen atoms in total. The first-order chi connectivity index (χ1) is 14.7. The Kier molecular flexibility index (Phi) is 4.63. The van der Waals surface area contributed by atoms with Gasteiger partial charge in [0, 0.05) is 30.8 Å². The van der Waals surface area contributed by atoms with Crippen LogP contribution in [-0.2, 0) is 19.5 Å². The molecule has 1 aliphatic rings. The van der Waals surface area contributed by atoms with Crippen molar-refractivity contribution in [3.05, 3.63) is 71.9 Å². The number of rotatable bonds is 5. The molecule has 150 valence electrons. The van der Waals surface area contributed by atoms with Crippen LogP contribution in [0.1, 0.15) is 28.4 Å². The fourth-order valence-electron chi connectivity index (χ4n) is 3.97. The Labute approximate surface area is 173 Å². The lowest BCUT2D eigenvalue weighted by Crippen LogP contribution is -2.24. The lowest BCUT2D eigenvalue weighted by Gasteiger charge is -2.10. The zero-order chi connectivity index (χ0) is 20.5. The van der Waals surface area contributed by atoms with Gasteiger partial charge < -0.3 is 14.6 Å². The van der Waals surface area contributed by atoms with Gasteiger partial charge in [-0.2, -0.15) is 0 Å². The van der Waals surface area contributed by atoms with Crippen molar-refractivity contribution in [1.82, 2.24) is 25.1 Å². The summed E-state index contributed by atoms with van der Waals surface area (Å²) >= 11 is 0. The molecule has 0 spiro atoms. The van der Waals surface area contributed by atoms with Crippen molar-refractivity contribution < 1.29 is 9.53 Å². The molecule has 0 bridgehead atoms. The molecule has 0 atom stereocenters. The monoisotopic (exact) mass is 399 g/mol. The van der Waals surface area contributed by atoms with Gasteiger partial charge in [-0.1, -0.05) is 24.3 Å². The molecule has 1 aliphatic heterocycles. The molecule has 0 aliphatic carbocycles. The Bertz CT molecular complexity index is 1250. The highest BCUT2D eigenvalue weighted by molar-refractivity contribution is 6.02. The van der Waals surface area contributed by atoms with E-state index >= 15 is 0 Å². The number of benzene rings is 2. The lowest BCUT2D eigenvalue weighted by molar-refractivity contribution is 0.0949. The van der Waals surface area contributed by atoms with E-state index in [2.05, 4.69) is 31.1 Å². The molecule has 4 aromatic rings. The Morgan fingerprint density at radius 2 is 2.10 bits per heavy atom. The van der Waals surface area contributed by atoms with Gasteiger partial charge in [0.15, 0.2) is 5.82 Å². The van der Waals surface area contributed by atoms with Crippen molar-refractivity contribution in [2.24, 2.45) is 0 Å². The molecule has 1 amide bonds. The SMILES string of the molecule is COc1cc(-c2cccc3cc(C(=O)NCc4nnc5n4CCC5)ccc23)ccn1. The van der Waals surface area contributed by atoms with Crippen molar-refractivity contribution >= 4 is 16.7 Å². The summed E-state index contributed by atoms with van der Waals surface area (Å²) in [7, 11) is 1.61. The highest BCUT2D eigenvalue weighted by atomic mass is 16.5. The number of carbonyl (C=O) groups is 1. The largest absolute Gasteiger partial charge is 0.481 e. The van der Waals surface area contributed by atoms with E-state index in [9.17, 15) is 4.79 Å². The third-order valence-electron chi connectivity index (χ3n) is 5.49. The van der Waals surface area contributed by atoms with Crippen molar-refractivity contribution in [1.29, 1.82) is 0 Å². The van der Waals surface area contributed by atoms with E-state index in [-0.39, 0.29) is 5.91 Å². The summed E-state index contributed by atoms with van der Waals surface area (Å²) in [5.41, 5.74) is 2.71. The number of carbonyl (C=O) groups excluding carboxylic acids is 1. The van der Waals surface area contributed by atoms with Crippen molar-refractivity contribution in [2.75, 3.05) is 7.11 Å². The number of nitrogens with one attached hydrogen (secondary N) is 1. The average molecular weight is 399 g/mol. The molecule has 0 unspecified atom stereocenters. The van der Waals surface area contributed by atoms with E-state index in [1.54, 1.807) is 13.3 Å². The Balaban J connectivity index is 1.40. The van der Waals surface area contributed by atoms with Crippen LogP contribution >= 0.6 is 0 Å². The fourth-order valence-corrected chi connectivity index (χ4v) is 3.97. The number of fused-ring (bicyclic) bond motifs is 2. The van der Waals surface area contributed by atoms with Gasteiger partial charge in [0.05, 0.1) is 13.7 Å². The van der Waals surface area contributed by atoms with Crippen LogP contribution < -0.4 is 10.1 Å². The molecule has 0 saturated carbocycles. The number of hydrogen-bond donors (Lipinski definition) is 1. The zero-order valence-corrected chi connectivity index (χ0v) is 16.6. The maximum atomic E-state index is 12.7. The first-order valence-electron chi connectivity index (χ1n) is 9.95. The van der Waals surface area contributed by atoms with Crippen molar-refractivity contribution in [2.45, 2.75) is 25.9 Å². The highest BCUT2D eigenvalue weighted by Crippen LogP contribution is 2.30. The zero-order valence-electron chi connectivity index (χ0n) is 16.6. The van der Waals surface area contributed by atoms with Gasteiger partial charge in [0.2, 0.25) is 5.88 Å². The second-order valence-electron chi connectivity index (χ2n) is 7.30. The molecule has 0 radical (unpaired) electrons. The van der Waals surface area contributed by atoms with E-state index in [4.69, 9.17) is 4.74 Å². The van der Waals surface area contributed by atoms with Crippen LogP contribution in [0.3, 0.4) is 0 Å². The van der Waals surface area contributed by atoms with Crippen molar-refractivity contribution in [3.63, 3.8) is 0 Å². The molecule has 7 heteroatoms. The van der Waals surface area contributed by atoms with Gasteiger partial charge in [0.25, 0.3) is 5.91 Å². The molecule has 0 fully saturated rings. The molecule has 3 heterocycles. The molecule has 2 aromatic heterocycles. The second-order valence-corrected chi connectivity index (χ2v) is 7.30. The number of aryl methyl sites for hydroxylation is 1. The summed E-state index contributed by atoms with van der Waals surface area (Å²) in [6.07, 6.45) is 3.77. The summed E-state index contributed by atoms with van der Waals surface area (Å²) in [5, 5.41) is 13.4. The van der Waals surface area contributed by atoms with Crippen molar-refractivity contribution in [3.8, 4) is 17.0 Å². The summed E-state index contributed by atoms with van der Waals surface area (Å²) in [6.45, 7) is 1.30. The third kappa shape index (κ3) is 3.28. The number of amides is 1. The maximum absolute atomic E-state index is 12.7. The lowest BCUT2D eigenvalue weighted by atomic mass is 9.97.